The third-order valence-corrected chi connectivity index (χ3v) is 4.00. The van der Waals surface area contributed by atoms with Gasteiger partial charge in [-0.2, -0.15) is 0 Å². The van der Waals surface area contributed by atoms with Crippen LogP contribution in [0.25, 0.3) is 6.08 Å². The number of nitrogens with one attached hydrogen (secondary N) is 1. The maximum atomic E-state index is 13.8. The molecule has 2 aromatic rings. The lowest BCUT2D eigenvalue weighted by Gasteiger charge is -2.14. The minimum Gasteiger partial charge on any atom is -0.327 e. The van der Waals surface area contributed by atoms with Crippen LogP contribution >= 0.6 is 12.2 Å². The molecular weight excluding hydrogens is 330 g/mol. The highest BCUT2D eigenvalue weighted by Crippen LogP contribution is 2.24. The lowest BCUT2D eigenvalue weighted by molar-refractivity contribution is -0.113. The van der Waals surface area contributed by atoms with Gasteiger partial charge in [-0.15, -0.1) is 0 Å². The normalized spacial score (nSPS) is 16.0. The summed E-state index contributed by atoms with van der Waals surface area (Å²) in [5, 5.41) is 3.01. The molecule has 0 spiro atoms. The van der Waals surface area contributed by atoms with Gasteiger partial charge in [-0.05, 0) is 54.5 Å². The molecule has 6 heteroatoms. The van der Waals surface area contributed by atoms with Gasteiger partial charge >= 0.3 is 0 Å². The Kier molecular flexibility index (Phi) is 4.40. The first kappa shape index (κ1) is 16.3. The Morgan fingerprint density at radius 1 is 1.21 bits per heavy atom. The van der Waals surface area contributed by atoms with Crippen LogP contribution in [0.15, 0.2) is 48.2 Å². The molecule has 1 amide bonds. The van der Waals surface area contributed by atoms with Crippen molar-refractivity contribution >= 4 is 35.0 Å². The molecule has 1 aliphatic heterocycles. The summed E-state index contributed by atoms with van der Waals surface area (Å²) in [7, 11) is 0. The van der Waals surface area contributed by atoms with E-state index in [4.69, 9.17) is 12.2 Å². The summed E-state index contributed by atoms with van der Waals surface area (Å²) in [6.45, 7) is 2.02. The van der Waals surface area contributed by atoms with Crippen LogP contribution < -0.4 is 10.2 Å². The van der Waals surface area contributed by atoms with Crippen molar-refractivity contribution in [1.29, 1.82) is 0 Å². The van der Waals surface area contributed by atoms with Gasteiger partial charge in [0.1, 0.15) is 17.3 Å². The van der Waals surface area contributed by atoms with E-state index in [2.05, 4.69) is 5.32 Å². The molecule has 0 radical (unpaired) electrons. The van der Waals surface area contributed by atoms with E-state index in [0.717, 1.165) is 24.1 Å². The SMILES string of the molecule is CCc1cccc(N2C(=O)/C(=C\c3ccc(F)cc3F)NC2=S)c1. The molecule has 0 unspecified atom stereocenters. The Morgan fingerprint density at radius 2 is 2.00 bits per heavy atom. The molecule has 1 fully saturated rings. The number of rotatable bonds is 3. The molecule has 1 heterocycles. The van der Waals surface area contributed by atoms with Gasteiger partial charge in [0.05, 0.1) is 5.69 Å². The number of thiocarbonyl (C=S) groups is 1. The average molecular weight is 344 g/mol. The topological polar surface area (TPSA) is 32.3 Å². The molecule has 1 aliphatic rings. The molecule has 1 N–H and O–H groups in total. The number of carbonyl (C=O) groups is 1. The summed E-state index contributed by atoms with van der Waals surface area (Å²) >= 11 is 5.23. The number of benzene rings is 2. The van der Waals surface area contributed by atoms with Crippen molar-refractivity contribution in [2.45, 2.75) is 13.3 Å². The lowest BCUT2D eigenvalue weighted by Crippen LogP contribution is -2.30. The quantitative estimate of drug-likeness (QED) is 0.679. The zero-order valence-electron chi connectivity index (χ0n) is 12.8. The molecule has 0 aromatic heterocycles. The van der Waals surface area contributed by atoms with Crippen molar-refractivity contribution in [3.63, 3.8) is 0 Å². The van der Waals surface area contributed by atoms with E-state index in [1.807, 2.05) is 25.1 Å². The Labute approximate surface area is 143 Å². The standard InChI is InChI=1S/C18H14F2N2OS/c1-2-11-4-3-5-14(8-11)22-17(23)16(21-18(22)24)9-12-6-7-13(19)10-15(12)20/h3-10H,2H2,1H3,(H,21,24)/b16-9+. The van der Waals surface area contributed by atoms with Gasteiger partial charge < -0.3 is 5.32 Å². The fourth-order valence-corrected chi connectivity index (χ4v) is 2.76. The van der Waals surface area contributed by atoms with E-state index in [1.54, 1.807) is 6.07 Å². The molecule has 2 aromatic carbocycles. The van der Waals surface area contributed by atoms with Crippen LogP contribution in [0.2, 0.25) is 0 Å². The average Bonchev–Trinajstić information content (AvgIpc) is 2.84. The molecule has 0 atom stereocenters. The van der Waals surface area contributed by atoms with Crippen LogP contribution in [-0.4, -0.2) is 11.0 Å². The van der Waals surface area contributed by atoms with Crippen LogP contribution in [0.4, 0.5) is 14.5 Å². The third kappa shape index (κ3) is 3.05. The third-order valence-electron chi connectivity index (χ3n) is 3.72. The van der Waals surface area contributed by atoms with Crippen molar-refractivity contribution in [2.75, 3.05) is 4.90 Å². The van der Waals surface area contributed by atoms with Gasteiger partial charge in [0.25, 0.3) is 5.91 Å². The summed E-state index contributed by atoms with van der Waals surface area (Å²) in [6, 6.07) is 10.7. The Bertz CT molecular complexity index is 864. The highest BCUT2D eigenvalue weighted by atomic mass is 32.1. The number of aryl methyl sites for hydroxylation is 1. The van der Waals surface area contributed by atoms with Gasteiger partial charge in [0, 0.05) is 11.6 Å². The molecule has 3 nitrogen and oxygen atoms in total. The second kappa shape index (κ2) is 6.49. The van der Waals surface area contributed by atoms with Crippen molar-refractivity contribution in [1.82, 2.24) is 5.32 Å². The van der Waals surface area contributed by atoms with Gasteiger partial charge in [0.15, 0.2) is 5.11 Å². The second-order valence-electron chi connectivity index (χ2n) is 5.32. The van der Waals surface area contributed by atoms with Gasteiger partial charge in [-0.25, -0.2) is 8.78 Å². The minimum absolute atomic E-state index is 0.110. The van der Waals surface area contributed by atoms with E-state index in [-0.39, 0.29) is 22.3 Å². The summed E-state index contributed by atoms with van der Waals surface area (Å²) in [5.74, 6) is -1.79. The van der Waals surface area contributed by atoms with Crippen molar-refractivity contribution in [3.05, 3.63) is 70.9 Å². The lowest BCUT2D eigenvalue weighted by atomic mass is 10.1. The van der Waals surface area contributed by atoms with Gasteiger partial charge in [-0.1, -0.05) is 19.1 Å². The van der Waals surface area contributed by atoms with E-state index in [9.17, 15) is 13.6 Å². The van der Waals surface area contributed by atoms with Crippen LogP contribution in [0.5, 0.6) is 0 Å². The molecule has 122 valence electrons. The van der Waals surface area contributed by atoms with Crippen LogP contribution in [0.3, 0.4) is 0 Å². The van der Waals surface area contributed by atoms with Crippen LogP contribution in [-0.2, 0) is 11.2 Å². The van der Waals surface area contributed by atoms with Gasteiger partial charge in [-0.3, -0.25) is 9.69 Å². The first-order valence-electron chi connectivity index (χ1n) is 7.40. The minimum atomic E-state index is -0.741. The molecule has 0 aliphatic carbocycles. The largest absolute Gasteiger partial charge is 0.327 e. The van der Waals surface area contributed by atoms with Crippen LogP contribution in [0.1, 0.15) is 18.1 Å². The molecular formula is C18H14F2N2OS. The van der Waals surface area contributed by atoms with Crippen LogP contribution in [0, 0.1) is 11.6 Å². The summed E-state index contributed by atoms with van der Waals surface area (Å²) in [4.78, 5) is 14.0. The number of hydrogen-bond acceptors (Lipinski definition) is 2. The highest BCUT2D eigenvalue weighted by molar-refractivity contribution is 7.80. The number of nitrogens with zero attached hydrogens (tertiary/aromatic N) is 1. The second-order valence-corrected chi connectivity index (χ2v) is 5.70. The number of amides is 1. The monoisotopic (exact) mass is 344 g/mol. The smallest absolute Gasteiger partial charge is 0.281 e. The fraction of sp³-hybridized carbons (Fsp3) is 0.111. The zero-order chi connectivity index (χ0) is 17.3. The Hall–Kier alpha value is -2.60. The Morgan fingerprint density at radius 3 is 2.71 bits per heavy atom. The van der Waals surface area contributed by atoms with E-state index >= 15 is 0 Å². The number of anilines is 1. The zero-order valence-corrected chi connectivity index (χ0v) is 13.7. The number of hydrogen-bond donors (Lipinski definition) is 1. The number of carbonyl (C=O) groups excluding carboxylic acids is 1. The van der Waals surface area contributed by atoms with E-state index in [1.165, 1.54) is 17.0 Å². The summed E-state index contributed by atoms with van der Waals surface area (Å²) in [5.41, 5.74) is 1.98. The molecule has 24 heavy (non-hydrogen) atoms. The summed E-state index contributed by atoms with van der Waals surface area (Å²) in [6.07, 6.45) is 2.16. The number of halogens is 2. The van der Waals surface area contributed by atoms with E-state index in [0.29, 0.717) is 5.69 Å². The van der Waals surface area contributed by atoms with E-state index < -0.39 is 11.6 Å². The van der Waals surface area contributed by atoms with Gasteiger partial charge in [0.2, 0.25) is 0 Å². The predicted molar refractivity (Wildman–Crippen MR) is 93.4 cm³/mol. The first-order chi connectivity index (χ1) is 11.5. The summed E-state index contributed by atoms with van der Waals surface area (Å²) < 4.78 is 26.8. The Balaban J connectivity index is 1.95. The van der Waals surface area contributed by atoms with Crippen molar-refractivity contribution in [2.24, 2.45) is 0 Å². The fourth-order valence-electron chi connectivity index (χ4n) is 2.46. The maximum absolute atomic E-state index is 13.8. The highest BCUT2D eigenvalue weighted by Gasteiger charge is 2.32. The predicted octanol–water partition coefficient (Wildman–Crippen LogP) is 3.79. The molecule has 0 bridgehead atoms. The molecule has 1 saturated heterocycles. The maximum Gasteiger partial charge on any atom is 0.281 e. The first-order valence-corrected chi connectivity index (χ1v) is 7.81. The molecule has 0 saturated carbocycles. The molecule has 3 rings (SSSR count). The van der Waals surface area contributed by atoms with Crippen molar-refractivity contribution < 1.29 is 13.6 Å². The van der Waals surface area contributed by atoms with Crippen molar-refractivity contribution in [3.8, 4) is 0 Å².